The minimum Gasteiger partial charge on any atom is -0.467 e. The second-order valence-corrected chi connectivity index (χ2v) is 5.90. The molecule has 1 aromatic rings. The Morgan fingerprint density at radius 2 is 2.14 bits per heavy atom. The SMILES string of the molecule is COC(=O)C1COC(c2cccnc2)N1C(=O)OC(C)(C)C. The van der Waals surface area contributed by atoms with Crippen molar-refractivity contribution in [2.45, 2.75) is 38.6 Å². The van der Waals surface area contributed by atoms with Crippen LogP contribution in [0.4, 0.5) is 4.79 Å². The number of esters is 1. The summed E-state index contributed by atoms with van der Waals surface area (Å²) >= 11 is 0. The number of ether oxygens (including phenoxy) is 3. The molecule has 2 atom stereocenters. The number of carbonyl (C=O) groups is 2. The fourth-order valence-corrected chi connectivity index (χ4v) is 2.14. The molecule has 2 unspecified atom stereocenters. The standard InChI is InChI=1S/C15H20N2O5/c1-15(2,3)22-14(19)17-11(13(18)20-4)9-21-12(17)10-6-5-7-16-8-10/h5-8,11-12H,9H2,1-4H3. The topological polar surface area (TPSA) is 78.0 Å². The first-order valence-corrected chi connectivity index (χ1v) is 6.94. The third-order valence-corrected chi connectivity index (χ3v) is 3.05. The highest BCUT2D eigenvalue weighted by Gasteiger charge is 2.45. The van der Waals surface area contributed by atoms with E-state index in [-0.39, 0.29) is 6.61 Å². The lowest BCUT2D eigenvalue weighted by Gasteiger charge is -2.29. The van der Waals surface area contributed by atoms with Gasteiger partial charge in [0.2, 0.25) is 0 Å². The molecule has 7 heteroatoms. The number of carbonyl (C=O) groups excluding carboxylic acids is 2. The highest BCUT2D eigenvalue weighted by atomic mass is 16.6. The van der Waals surface area contributed by atoms with E-state index in [4.69, 9.17) is 14.2 Å². The Morgan fingerprint density at radius 1 is 1.41 bits per heavy atom. The van der Waals surface area contributed by atoms with Crippen LogP contribution in [-0.4, -0.2) is 47.3 Å². The Kier molecular flexibility index (Phi) is 4.65. The van der Waals surface area contributed by atoms with Crippen LogP contribution >= 0.6 is 0 Å². The van der Waals surface area contributed by atoms with E-state index in [2.05, 4.69) is 4.98 Å². The summed E-state index contributed by atoms with van der Waals surface area (Å²) in [6.07, 6.45) is 1.84. The van der Waals surface area contributed by atoms with Crippen molar-refractivity contribution >= 4 is 12.1 Å². The molecule has 0 aromatic carbocycles. The van der Waals surface area contributed by atoms with Gasteiger partial charge in [-0.15, -0.1) is 0 Å². The second-order valence-electron chi connectivity index (χ2n) is 5.90. The maximum absolute atomic E-state index is 12.5. The molecule has 1 aliphatic rings. The molecule has 1 aliphatic heterocycles. The van der Waals surface area contributed by atoms with Gasteiger partial charge < -0.3 is 14.2 Å². The lowest BCUT2D eigenvalue weighted by Crippen LogP contribution is -2.45. The van der Waals surface area contributed by atoms with Crippen LogP contribution in [0.25, 0.3) is 0 Å². The summed E-state index contributed by atoms with van der Waals surface area (Å²) in [6.45, 7) is 5.32. The first-order chi connectivity index (χ1) is 10.3. The average molecular weight is 308 g/mol. The minimum absolute atomic E-state index is 0.0471. The zero-order chi connectivity index (χ0) is 16.3. The van der Waals surface area contributed by atoms with E-state index in [9.17, 15) is 9.59 Å². The molecule has 0 N–H and O–H groups in total. The first kappa shape index (κ1) is 16.2. The summed E-state index contributed by atoms with van der Waals surface area (Å²) in [5.74, 6) is -0.544. The predicted molar refractivity (Wildman–Crippen MR) is 76.8 cm³/mol. The Balaban J connectivity index is 2.30. The minimum atomic E-state index is -0.843. The normalized spacial score (nSPS) is 21.5. The molecule has 1 saturated heterocycles. The monoisotopic (exact) mass is 308 g/mol. The van der Waals surface area contributed by atoms with Crippen molar-refractivity contribution < 1.29 is 23.8 Å². The van der Waals surface area contributed by atoms with Crippen LogP contribution in [0.2, 0.25) is 0 Å². The molecule has 0 spiro atoms. The summed E-state index contributed by atoms with van der Waals surface area (Å²) in [7, 11) is 1.27. The lowest BCUT2D eigenvalue weighted by atomic mass is 10.2. The quantitative estimate of drug-likeness (QED) is 0.776. The largest absolute Gasteiger partial charge is 0.467 e. The van der Waals surface area contributed by atoms with E-state index in [1.54, 1.807) is 45.3 Å². The van der Waals surface area contributed by atoms with Crippen LogP contribution < -0.4 is 0 Å². The van der Waals surface area contributed by atoms with E-state index in [1.807, 2.05) is 0 Å². The van der Waals surface area contributed by atoms with Crippen molar-refractivity contribution in [1.29, 1.82) is 0 Å². The summed E-state index contributed by atoms with van der Waals surface area (Å²) in [4.78, 5) is 29.6. The molecular formula is C15H20N2O5. The van der Waals surface area contributed by atoms with Gasteiger partial charge >= 0.3 is 12.1 Å². The van der Waals surface area contributed by atoms with Crippen molar-refractivity contribution in [2.24, 2.45) is 0 Å². The van der Waals surface area contributed by atoms with Gasteiger partial charge in [-0.05, 0) is 26.8 Å². The molecule has 2 heterocycles. The third-order valence-electron chi connectivity index (χ3n) is 3.05. The Labute approximate surface area is 129 Å². The molecule has 120 valence electrons. The zero-order valence-corrected chi connectivity index (χ0v) is 13.1. The number of nitrogens with zero attached hydrogens (tertiary/aromatic N) is 2. The van der Waals surface area contributed by atoms with Gasteiger partial charge in [-0.1, -0.05) is 6.07 Å². The van der Waals surface area contributed by atoms with E-state index >= 15 is 0 Å². The summed E-state index contributed by atoms with van der Waals surface area (Å²) < 4.78 is 15.7. The van der Waals surface area contributed by atoms with E-state index in [0.29, 0.717) is 5.56 Å². The van der Waals surface area contributed by atoms with E-state index in [0.717, 1.165) is 0 Å². The van der Waals surface area contributed by atoms with Crippen molar-refractivity contribution in [3.05, 3.63) is 30.1 Å². The van der Waals surface area contributed by atoms with Crippen molar-refractivity contribution in [3.63, 3.8) is 0 Å². The molecule has 22 heavy (non-hydrogen) atoms. The summed E-state index contributed by atoms with van der Waals surface area (Å²) in [5, 5.41) is 0. The van der Waals surface area contributed by atoms with Gasteiger partial charge in [-0.2, -0.15) is 0 Å². The first-order valence-electron chi connectivity index (χ1n) is 6.94. The fourth-order valence-electron chi connectivity index (χ4n) is 2.14. The average Bonchev–Trinajstić information content (AvgIpc) is 2.90. The third kappa shape index (κ3) is 3.54. The van der Waals surface area contributed by atoms with Crippen molar-refractivity contribution in [1.82, 2.24) is 9.88 Å². The van der Waals surface area contributed by atoms with E-state index in [1.165, 1.54) is 12.0 Å². The van der Waals surface area contributed by atoms with Crippen LogP contribution in [0.5, 0.6) is 0 Å². The molecule has 0 radical (unpaired) electrons. The number of methoxy groups -OCH3 is 1. The molecule has 1 fully saturated rings. The Hall–Kier alpha value is -2.15. The van der Waals surface area contributed by atoms with Crippen molar-refractivity contribution in [3.8, 4) is 0 Å². The van der Waals surface area contributed by atoms with Gasteiger partial charge in [0.15, 0.2) is 12.3 Å². The van der Waals surface area contributed by atoms with Gasteiger partial charge in [0, 0.05) is 18.0 Å². The number of aromatic nitrogens is 1. The number of pyridine rings is 1. The molecule has 1 aromatic heterocycles. The van der Waals surface area contributed by atoms with Crippen molar-refractivity contribution in [2.75, 3.05) is 13.7 Å². The highest BCUT2D eigenvalue weighted by molar-refractivity contribution is 5.82. The van der Waals surface area contributed by atoms with Crippen LogP contribution in [0.15, 0.2) is 24.5 Å². The molecule has 2 rings (SSSR count). The highest BCUT2D eigenvalue weighted by Crippen LogP contribution is 2.32. The number of amides is 1. The Morgan fingerprint density at radius 3 is 2.68 bits per heavy atom. The van der Waals surface area contributed by atoms with Gasteiger partial charge in [-0.3, -0.25) is 9.88 Å². The molecule has 1 amide bonds. The number of hydrogen-bond donors (Lipinski definition) is 0. The van der Waals surface area contributed by atoms with Crippen LogP contribution in [0, 0.1) is 0 Å². The Bertz CT molecular complexity index is 541. The molecular weight excluding hydrogens is 288 g/mol. The van der Waals surface area contributed by atoms with E-state index < -0.39 is 29.9 Å². The van der Waals surface area contributed by atoms with Gasteiger partial charge in [0.05, 0.1) is 13.7 Å². The smallest absolute Gasteiger partial charge is 0.413 e. The van der Waals surface area contributed by atoms with Gasteiger partial charge in [0.1, 0.15) is 5.60 Å². The molecule has 7 nitrogen and oxygen atoms in total. The number of rotatable bonds is 2. The van der Waals surface area contributed by atoms with Gasteiger partial charge in [-0.25, -0.2) is 9.59 Å². The summed E-state index contributed by atoms with van der Waals surface area (Å²) in [6, 6.07) is 2.66. The van der Waals surface area contributed by atoms with Crippen LogP contribution in [-0.2, 0) is 19.0 Å². The predicted octanol–water partition coefficient (Wildman–Crippen LogP) is 1.89. The lowest BCUT2D eigenvalue weighted by molar-refractivity contribution is -0.145. The van der Waals surface area contributed by atoms with Gasteiger partial charge in [0.25, 0.3) is 0 Å². The number of hydrogen-bond acceptors (Lipinski definition) is 6. The maximum Gasteiger partial charge on any atom is 0.413 e. The molecule has 0 aliphatic carbocycles. The maximum atomic E-state index is 12.5. The molecule has 0 bridgehead atoms. The van der Waals surface area contributed by atoms with Crippen LogP contribution in [0.1, 0.15) is 32.6 Å². The summed E-state index contributed by atoms with van der Waals surface area (Å²) in [5.41, 5.74) is -0.0143. The zero-order valence-electron chi connectivity index (χ0n) is 13.1. The molecule has 0 saturated carbocycles. The fraction of sp³-hybridized carbons (Fsp3) is 0.533. The van der Waals surface area contributed by atoms with Crippen LogP contribution in [0.3, 0.4) is 0 Å². The second kappa shape index (κ2) is 6.31.